The molecule has 16 heavy (non-hydrogen) atoms. The molecule has 0 aliphatic rings. The van der Waals surface area contributed by atoms with Crippen molar-refractivity contribution in [2.75, 3.05) is 5.32 Å². The van der Waals surface area contributed by atoms with Gasteiger partial charge in [0.05, 0.1) is 6.20 Å². The molecule has 82 valence electrons. The molecule has 2 rings (SSSR count). The van der Waals surface area contributed by atoms with Gasteiger partial charge < -0.3 is 5.32 Å². The van der Waals surface area contributed by atoms with Crippen LogP contribution in [0.15, 0.2) is 30.5 Å². The lowest BCUT2D eigenvalue weighted by Gasteiger charge is -2.05. The van der Waals surface area contributed by atoms with Gasteiger partial charge in [-0.2, -0.15) is 10.1 Å². The van der Waals surface area contributed by atoms with Gasteiger partial charge in [-0.25, -0.2) is 0 Å². The Kier molecular flexibility index (Phi) is 3.31. The van der Waals surface area contributed by atoms with Gasteiger partial charge in [0.2, 0.25) is 5.28 Å². The van der Waals surface area contributed by atoms with Gasteiger partial charge in [-0.05, 0) is 24.1 Å². The van der Waals surface area contributed by atoms with Gasteiger partial charge in [-0.3, -0.25) is 0 Å². The van der Waals surface area contributed by atoms with E-state index < -0.39 is 0 Å². The molecule has 0 fully saturated rings. The minimum absolute atomic E-state index is 0.147. The van der Waals surface area contributed by atoms with Crippen LogP contribution < -0.4 is 5.32 Å². The normalized spacial score (nSPS) is 10.1. The highest BCUT2D eigenvalue weighted by Gasteiger charge is 1.98. The summed E-state index contributed by atoms with van der Waals surface area (Å²) in [6.45, 7) is 2.75. The number of nitrogens with zero attached hydrogens (tertiary/aromatic N) is 3. The standard InChI is InChI=1S/C11H11ClN4/c1-8-3-2-4-9(5-8)6-13-10-7-14-16-11(12)15-10/h2-5,7H,6H2,1H3,(H,13,15,16). The van der Waals surface area contributed by atoms with Crippen molar-refractivity contribution in [3.05, 3.63) is 46.9 Å². The minimum atomic E-state index is 0.147. The first-order valence-electron chi connectivity index (χ1n) is 4.89. The van der Waals surface area contributed by atoms with E-state index in [1.807, 2.05) is 6.07 Å². The zero-order chi connectivity index (χ0) is 11.4. The Morgan fingerprint density at radius 1 is 1.38 bits per heavy atom. The van der Waals surface area contributed by atoms with E-state index in [4.69, 9.17) is 11.6 Å². The van der Waals surface area contributed by atoms with Crippen molar-refractivity contribution in [2.45, 2.75) is 13.5 Å². The summed E-state index contributed by atoms with van der Waals surface area (Å²) in [6, 6.07) is 8.25. The average Bonchev–Trinajstić information content (AvgIpc) is 2.27. The van der Waals surface area contributed by atoms with Gasteiger partial charge in [0.1, 0.15) is 5.82 Å². The second-order valence-corrected chi connectivity index (χ2v) is 3.79. The molecule has 0 atom stereocenters. The van der Waals surface area contributed by atoms with Crippen LogP contribution in [0, 0.1) is 6.92 Å². The van der Waals surface area contributed by atoms with E-state index in [2.05, 4.69) is 45.6 Å². The third-order valence-electron chi connectivity index (χ3n) is 2.09. The molecule has 4 nitrogen and oxygen atoms in total. The van der Waals surface area contributed by atoms with E-state index in [0.717, 1.165) is 0 Å². The van der Waals surface area contributed by atoms with Crippen molar-refractivity contribution in [3.8, 4) is 0 Å². The summed E-state index contributed by atoms with van der Waals surface area (Å²) < 4.78 is 0. The minimum Gasteiger partial charge on any atom is -0.365 e. The summed E-state index contributed by atoms with van der Waals surface area (Å²) in [7, 11) is 0. The summed E-state index contributed by atoms with van der Waals surface area (Å²) in [6.07, 6.45) is 1.54. The molecule has 0 saturated heterocycles. The van der Waals surface area contributed by atoms with Crippen LogP contribution in [0.2, 0.25) is 5.28 Å². The summed E-state index contributed by atoms with van der Waals surface area (Å²) in [5, 5.41) is 10.6. The lowest BCUT2D eigenvalue weighted by Crippen LogP contribution is -2.02. The van der Waals surface area contributed by atoms with Crippen LogP contribution in [-0.2, 0) is 6.54 Å². The lowest BCUT2D eigenvalue weighted by atomic mass is 10.1. The first-order chi connectivity index (χ1) is 7.74. The molecule has 0 bridgehead atoms. The molecule has 1 N–H and O–H groups in total. The number of halogens is 1. The number of nitrogens with one attached hydrogen (secondary N) is 1. The molecule has 0 saturated carbocycles. The number of rotatable bonds is 3. The van der Waals surface area contributed by atoms with Gasteiger partial charge in [-0.1, -0.05) is 29.8 Å². The van der Waals surface area contributed by atoms with Crippen LogP contribution in [0.3, 0.4) is 0 Å². The molecule has 1 heterocycles. The van der Waals surface area contributed by atoms with Crippen molar-refractivity contribution in [3.63, 3.8) is 0 Å². The first-order valence-corrected chi connectivity index (χ1v) is 5.26. The Labute approximate surface area is 98.7 Å². The second-order valence-electron chi connectivity index (χ2n) is 3.45. The largest absolute Gasteiger partial charge is 0.365 e. The Balaban J connectivity index is 2.02. The highest BCUT2D eigenvalue weighted by atomic mass is 35.5. The first kappa shape index (κ1) is 10.8. The molecule has 2 aromatic rings. The third kappa shape index (κ3) is 2.90. The quantitative estimate of drug-likeness (QED) is 0.886. The third-order valence-corrected chi connectivity index (χ3v) is 2.25. The van der Waals surface area contributed by atoms with Crippen LogP contribution >= 0.6 is 11.6 Å². The van der Waals surface area contributed by atoms with Gasteiger partial charge in [0.25, 0.3) is 0 Å². The summed E-state index contributed by atoms with van der Waals surface area (Å²) in [5.41, 5.74) is 2.42. The van der Waals surface area contributed by atoms with E-state index >= 15 is 0 Å². The molecule has 1 aromatic heterocycles. The summed E-state index contributed by atoms with van der Waals surface area (Å²) in [5.74, 6) is 0.626. The fourth-order valence-corrected chi connectivity index (χ4v) is 1.52. The average molecular weight is 235 g/mol. The number of aryl methyl sites for hydroxylation is 1. The number of benzene rings is 1. The highest BCUT2D eigenvalue weighted by Crippen LogP contribution is 2.08. The van der Waals surface area contributed by atoms with Gasteiger partial charge in [-0.15, -0.1) is 5.10 Å². The number of aromatic nitrogens is 3. The van der Waals surface area contributed by atoms with Crippen LogP contribution in [0.1, 0.15) is 11.1 Å². The van der Waals surface area contributed by atoms with Crippen molar-refractivity contribution >= 4 is 17.4 Å². The molecule has 0 amide bonds. The van der Waals surface area contributed by atoms with Crippen LogP contribution in [0.4, 0.5) is 5.82 Å². The zero-order valence-corrected chi connectivity index (χ0v) is 9.57. The fourth-order valence-electron chi connectivity index (χ4n) is 1.38. The van der Waals surface area contributed by atoms with Crippen molar-refractivity contribution in [2.24, 2.45) is 0 Å². The van der Waals surface area contributed by atoms with E-state index in [-0.39, 0.29) is 5.28 Å². The maximum Gasteiger partial charge on any atom is 0.244 e. The lowest BCUT2D eigenvalue weighted by molar-refractivity contribution is 0.957. The van der Waals surface area contributed by atoms with Crippen LogP contribution in [0.5, 0.6) is 0 Å². The maximum atomic E-state index is 5.63. The van der Waals surface area contributed by atoms with E-state index in [1.54, 1.807) is 6.20 Å². The SMILES string of the molecule is Cc1cccc(CNc2cnnc(Cl)n2)c1. The number of hydrogen-bond donors (Lipinski definition) is 1. The molecule has 0 unspecified atom stereocenters. The van der Waals surface area contributed by atoms with Crippen molar-refractivity contribution < 1.29 is 0 Å². The van der Waals surface area contributed by atoms with Crippen LogP contribution in [-0.4, -0.2) is 15.2 Å². The molecular formula is C11H11ClN4. The Morgan fingerprint density at radius 3 is 3.00 bits per heavy atom. The summed E-state index contributed by atoms with van der Waals surface area (Å²) >= 11 is 5.63. The smallest absolute Gasteiger partial charge is 0.244 e. The number of hydrogen-bond acceptors (Lipinski definition) is 4. The molecule has 5 heteroatoms. The van der Waals surface area contributed by atoms with E-state index in [9.17, 15) is 0 Å². The maximum absolute atomic E-state index is 5.63. The summed E-state index contributed by atoms with van der Waals surface area (Å²) in [4.78, 5) is 3.99. The molecule has 0 aliphatic carbocycles. The molecule has 0 radical (unpaired) electrons. The molecule has 0 aliphatic heterocycles. The Hall–Kier alpha value is -1.68. The molecule has 1 aromatic carbocycles. The van der Waals surface area contributed by atoms with Crippen molar-refractivity contribution in [1.82, 2.24) is 15.2 Å². The molecule has 0 spiro atoms. The monoisotopic (exact) mass is 234 g/mol. The van der Waals surface area contributed by atoms with Crippen molar-refractivity contribution in [1.29, 1.82) is 0 Å². The Morgan fingerprint density at radius 2 is 2.25 bits per heavy atom. The highest BCUT2D eigenvalue weighted by molar-refractivity contribution is 6.28. The van der Waals surface area contributed by atoms with Gasteiger partial charge >= 0.3 is 0 Å². The molecular weight excluding hydrogens is 224 g/mol. The topological polar surface area (TPSA) is 50.7 Å². The second kappa shape index (κ2) is 4.90. The van der Waals surface area contributed by atoms with E-state index in [1.165, 1.54) is 11.1 Å². The van der Waals surface area contributed by atoms with Crippen LogP contribution in [0.25, 0.3) is 0 Å². The van der Waals surface area contributed by atoms with Gasteiger partial charge in [0, 0.05) is 6.54 Å². The number of anilines is 1. The van der Waals surface area contributed by atoms with E-state index in [0.29, 0.717) is 12.4 Å². The van der Waals surface area contributed by atoms with Gasteiger partial charge in [0.15, 0.2) is 0 Å². The predicted molar refractivity (Wildman–Crippen MR) is 63.3 cm³/mol. The fraction of sp³-hybridized carbons (Fsp3) is 0.182. The predicted octanol–water partition coefficient (Wildman–Crippen LogP) is 2.45. The zero-order valence-electron chi connectivity index (χ0n) is 8.81. The Bertz CT molecular complexity index is 441.